The molecule has 0 aliphatic heterocycles. The molecule has 0 saturated carbocycles. The van der Waals surface area contributed by atoms with Gasteiger partial charge < -0.3 is 14.8 Å². The fraction of sp³-hybridized carbons (Fsp3) is 0.400. The zero-order valence-electron chi connectivity index (χ0n) is 14.5. The summed E-state index contributed by atoms with van der Waals surface area (Å²) < 4.78 is 12.8. The van der Waals surface area contributed by atoms with Crippen molar-refractivity contribution in [2.75, 3.05) is 13.2 Å². The van der Waals surface area contributed by atoms with Crippen molar-refractivity contribution in [3.63, 3.8) is 0 Å². The van der Waals surface area contributed by atoms with E-state index < -0.39 is 0 Å². The van der Waals surface area contributed by atoms with Crippen molar-refractivity contribution in [3.8, 4) is 11.5 Å². The first kappa shape index (κ1) is 19.1. The van der Waals surface area contributed by atoms with Crippen molar-refractivity contribution in [2.24, 2.45) is 0 Å². The Balaban J connectivity index is 2.01. The molecule has 0 saturated heterocycles. The number of rotatable bonds is 10. The smallest absolute Gasteiger partial charge is 0.174 e. The lowest BCUT2D eigenvalue weighted by molar-refractivity contribution is 0.270. The van der Waals surface area contributed by atoms with Gasteiger partial charge in [-0.3, -0.25) is 0 Å². The van der Waals surface area contributed by atoms with Crippen molar-refractivity contribution in [1.29, 1.82) is 0 Å². The number of nitrogens with one attached hydrogen (secondary N) is 1. The van der Waals surface area contributed by atoms with Gasteiger partial charge in [-0.25, -0.2) is 0 Å². The molecule has 0 spiro atoms. The van der Waals surface area contributed by atoms with Gasteiger partial charge in [0.25, 0.3) is 0 Å². The Morgan fingerprint density at radius 3 is 2.42 bits per heavy atom. The zero-order chi connectivity index (χ0) is 17.2. The van der Waals surface area contributed by atoms with Crippen molar-refractivity contribution in [3.05, 3.63) is 57.2 Å². The van der Waals surface area contributed by atoms with E-state index in [0.29, 0.717) is 6.61 Å². The third-order valence-corrected chi connectivity index (χ3v) is 4.42. The van der Waals surface area contributed by atoms with Crippen LogP contribution in [0, 0.1) is 3.57 Å². The van der Waals surface area contributed by atoms with E-state index in [9.17, 15) is 0 Å². The predicted molar refractivity (Wildman–Crippen MR) is 108 cm³/mol. The summed E-state index contributed by atoms with van der Waals surface area (Å²) in [5.41, 5.74) is 2.50. The molecule has 2 rings (SSSR count). The van der Waals surface area contributed by atoms with E-state index in [0.717, 1.165) is 47.6 Å². The second-order valence-corrected chi connectivity index (χ2v) is 6.79. The first-order chi connectivity index (χ1) is 11.7. The molecule has 3 nitrogen and oxygen atoms in total. The van der Waals surface area contributed by atoms with Crippen molar-refractivity contribution in [2.45, 2.75) is 39.8 Å². The number of hydrogen-bond donors (Lipinski definition) is 1. The van der Waals surface area contributed by atoms with E-state index in [4.69, 9.17) is 9.47 Å². The van der Waals surface area contributed by atoms with Crippen LogP contribution in [-0.4, -0.2) is 13.2 Å². The Labute approximate surface area is 158 Å². The van der Waals surface area contributed by atoms with Gasteiger partial charge in [-0.05, 0) is 59.2 Å². The Bertz CT molecular complexity index is 617. The summed E-state index contributed by atoms with van der Waals surface area (Å²) in [4.78, 5) is 0. The molecule has 4 heteroatoms. The Morgan fingerprint density at radius 2 is 1.71 bits per heavy atom. The van der Waals surface area contributed by atoms with Gasteiger partial charge in [0, 0.05) is 13.1 Å². The highest BCUT2D eigenvalue weighted by atomic mass is 127. The van der Waals surface area contributed by atoms with Gasteiger partial charge in [-0.15, -0.1) is 0 Å². The fourth-order valence-electron chi connectivity index (χ4n) is 2.39. The number of hydrogen-bond acceptors (Lipinski definition) is 3. The van der Waals surface area contributed by atoms with Gasteiger partial charge in [0.1, 0.15) is 0 Å². The summed E-state index contributed by atoms with van der Waals surface area (Å²) in [5, 5.41) is 3.49. The molecule has 130 valence electrons. The van der Waals surface area contributed by atoms with Crippen LogP contribution < -0.4 is 14.8 Å². The summed E-state index contributed by atoms with van der Waals surface area (Å²) in [6, 6.07) is 14.7. The Morgan fingerprint density at radius 1 is 0.958 bits per heavy atom. The summed E-state index contributed by atoms with van der Waals surface area (Å²) >= 11 is 2.33. The monoisotopic (exact) mass is 439 g/mol. The van der Waals surface area contributed by atoms with E-state index >= 15 is 0 Å². The molecular formula is C20H26INO2. The molecular weight excluding hydrogens is 413 g/mol. The standard InChI is InChI=1S/C20H26INO2/c1-3-5-11-24-20-18(21)12-17(13-19(20)23-4-2)15-22-14-16-9-7-6-8-10-16/h6-10,12-13,22H,3-5,11,14-15H2,1-2H3. The van der Waals surface area contributed by atoms with Crippen LogP contribution >= 0.6 is 22.6 Å². The molecule has 0 bridgehead atoms. The summed E-state index contributed by atoms with van der Waals surface area (Å²) in [7, 11) is 0. The molecule has 0 aliphatic rings. The molecule has 0 unspecified atom stereocenters. The third-order valence-electron chi connectivity index (χ3n) is 3.61. The molecule has 0 aliphatic carbocycles. The van der Waals surface area contributed by atoms with E-state index in [2.05, 4.69) is 71.2 Å². The van der Waals surface area contributed by atoms with Crippen LogP contribution in [0.5, 0.6) is 11.5 Å². The molecule has 0 radical (unpaired) electrons. The van der Waals surface area contributed by atoms with Crippen LogP contribution in [0.2, 0.25) is 0 Å². The van der Waals surface area contributed by atoms with Crippen LogP contribution in [0.15, 0.2) is 42.5 Å². The minimum absolute atomic E-state index is 0.640. The maximum Gasteiger partial charge on any atom is 0.174 e. The molecule has 2 aromatic rings. The second-order valence-electron chi connectivity index (χ2n) is 5.63. The Kier molecular flexibility index (Phi) is 8.39. The lowest BCUT2D eigenvalue weighted by atomic mass is 10.2. The number of unbranched alkanes of at least 4 members (excludes halogenated alkanes) is 1. The normalized spacial score (nSPS) is 10.6. The SMILES string of the molecule is CCCCOc1c(I)cc(CNCc2ccccc2)cc1OCC. The van der Waals surface area contributed by atoms with Crippen LogP contribution in [0.1, 0.15) is 37.8 Å². The van der Waals surface area contributed by atoms with Gasteiger partial charge in [-0.1, -0.05) is 43.7 Å². The number of ether oxygens (including phenoxy) is 2. The zero-order valence-corrected chi connectivity index (χ0v) is 16.6. The molecule has 0 amide bonds. The maximum atomic E-state index is 5.94. The third kappa shape index (κ3) is 5.98. The molecule has 0 atom stereocenters. The Hall–Kier alpha value is -1.27. The van der Waals surface area contributed by atoms with Crippen LogP contribution in [0.3, 0.4) is 0 Å². The summed E-state index contributed by atoms with van der Waals surface area (Å²) in [6.07, 6.45) is 2.18. The average molecular weight is 439 g/mol. The second kappa shape index (κ2) is 10.6. The average Bonchev–Trinajstić information content (AvgIpc) is 2.58. The minimum Gasteiger partial charge on any atom is -0.490 e. The van der Waals surface area contributed by atoms with E-state index in [1.54, 1.807) is 0 Å². The summed E-state index contributed by atoms with van der Waals surface area (Å²) in [5.74, 6) is 1.72. The van der Waals surface area contributed by atoms with Gasteiger partial charge in [0.15, 0.2) is 11.5 Å². The van der Waals surface area contributed by atoms with Crippen LogP contribution in [0.25, 0.3) is 0 Å². The molecule has 0 heterocycles. The molecule has 2 aromatic carbocycles. The van der Waals surface area contributed by atoms with Crippen LogP contribution in [0.4, 0.5) is 0 Å². The van der Waals surface area contributed by atoms with E-state index in [1.165, 1.54) is 11.1 Å². The number of benzene rings is 2. The van der Waals surface area contributed by atoms with Crippen molar-refractivity contribution >= 4 is 22.6 Å². The molecule has 1 N–H and O–H groups in total. The topological polar surface area (TPSA) is 30.5 Å². The van der Waals surface area contributed by atoms with Gasteiger partial charge in [-0.2, -0.15) is 0 Å². The van der Waals surface area contributed by atoms with E-state index in [1.807, 2.05) is 13.0 Å². The fourth-order valence-corrected chi connectivity index (χ4v) is 3.21. The van der Waals surface area contributed by atoms with Gasteiger partial charge in [0.2, 0.25) is 0 Å². The van der Waals surface area contributed by atoms with E-state index in [-0.39, 0.29) is 0 Å². The van der Waals surface area contributed by atoms with Crippen molar-refractivity contribution < 1.29 is 9.47 Å². The first-order valence-corrected chi connectivity index (χ1v) is 9.65. The minimum atomic E-state index is 0.640. The highest BCUT2D eigenvalue weighted by molar-refractivity contribution is 14.1. The highest BCUT2D eigenvalue weighted by Crippen LogP contribution is 2.34. The quantitative estimate of drug-likeness (QED) is 0.410. The number of halogens is 1. The highest BCUT2D eigenvalue weighted by Gasteiger charge is 2.12. The van der Waals surface area contributed by atoms with Crippen molar-refractivity contribution in [1.82, 2.24) is 5.32 Å². The molecule has 0 aromatic heterocycles. The van der Waals surface area contributed by atoms with Crippen LogP contribution in [-0.2, 0) is 13.1 Å². The lowest BCUT2D eigenvalue weighted by Crippen LogP contribution is -2.13. The van der Waals surface area contributed by atoms with Gasteiger partial charge >= 0.3 is 0 Å². The largest absolute Gasteiger partial charge is 0.490 e. The predicted octanol–water partition coefficient (Wildman–Crippen LogP) is 5.16. The molecule has 24 heavy (non-hydrogen) atoms. The maximum absolute atomic E-state index is 5.94. The van der Waals surface area contributed by atoms with Gasteiger partial charge in [0.05, 0.1) is 16.8 Å². The molecule has 0 fully saturated rings. The lowest BCUT2D eigenvalue weighted by Gasteiger charge is -2.15. The first-order valence-electron chi connectivity index (χ1n) is 8.57. The summed E-state index contributed by atoms with van der Waals surface area (Å²) in [6.45, 7) is 7.21.